The van der Waals surface area contributed by atoms with Crippen molar-refractivity contribution in [2.24, 2.45) is 0 Å². The Balaban J connectivity index is 1.34. The third-order valence-electron chi connectivity index (χ3n) is 6.70. The first-order valence-corrected chi connectivity index (χ1v) is 11.4. The molecule has 32 heavy (non-hydrogen) atoms. The second-order valence-electron chi connectivity index (χ2n) is 10.0. The standard InChI is InChI=1S/C23H30N6O3/c1-23(2,3)21-28-20(32-29-21)19(30)25-16-6-4-5-12-11-13(7-8-14(12)16)15-9-10-24-18-17(15)26-22(31)27-18/h7-8,11,15-18,24H,4-6,9-10H2,1-3H3,(H,25,30)(H2,26,27,31). The highest BCUT2D eigenvalue weighted by molar-refractivity contribution is 5.89. The third-order valence-corrected chi connectivity index (χ3v) is 6.70. The number of nitrogens with zero attached hydrogens (tertiary/aromatic N) is 2. The van der Waals surface area contributed by atoms with E-state index < -0.39 is 0 Å². The highest BCUT2D eigenvalue weighted by Crippen LogP contribution is 2.35. The SMILES string of the molecule is CC(C)(C)c1noc(C(=O)NC2CCCc3cc(C4CCNC5NC(=O)NC54)ccc32)n1. The number of aromatic nitrogens is 2. The minimum atomic E-state index is -0.337. The van der Waals surface area contributed by atoms with Gasteiger partial charge in [-0.25, -0.2) is 4.79 Å². The van der Waals surface area contributed by atoms with Crippen LogP contribution >= 0.6 is 0 Å². The van der Waals surface area contributed by atoms with E-state index in [-0.39, 0.29) is 47.4 Å². The molecule has 4 N–H and O–H groups in total. The van der Waals surface area contributed by atoms with Crippen molar-refractivity contribution in [3.8, 4) is 0 Å². The van der Waals surface area contributed by atoms with Gasteiger partial charge in [0, 0.05) is 11.3 Å². The number of rotatable bonds is 3. The van der Waals surface area contributed by atoms with Gasteiger partial charge < -0.3 is 20.5 Å². The molecule has 2 aliphatic heterocycles. The number of urea groups is 1. The normalized spacial score (nSPS) is 27.2. The number of amides is 3. The molecule has 2 aromatic rings. The number of fused-ring (bicyclic) bond motifs is 2. The van der Waals surface area contributed by atoms with Crippen LogP contribution in [0.25, 0.3) is 0 Å². The van der Waals surface area contributed by atoms with Crippen molar-refractivity contribution < 1.29 is 14.1 Å². The first-order valence-electron chi connectivity index (χ1n) is 11.4. The minimum absolute atomic E-state index is 0.00360. The first kappa shape index (κ1) is 20.9. The van der Waals surface area contributed by atoms with Crippen LogP contribution in [0, 0.1) is 0 Å². The number of benzene rings is 1. The fourth-order valence-electron chi connectivity index (χ4n) is 5.02. The molecule has 1 aromatic carbocycles. The Morgan fingerprint density at radius 1 is 1.22 bits per heavy atom. The van der Waals surface area contributed by atoms with E-state index in [0.717, 1.165) is 37.8 Å². The number of nitrogens with one attached hydrogen (secondary N) is 4. The van der Waals surface area contributed by atoms with E-state index in [1.54, 1.807) is 0 Å². The van der Waals surface area contributed by atoms with Gasteiger partial charge in [-0.05, 0) is 48.9 Å². The molecule has 9 heteroatoms. The monoisotopic (exact) mass is 438 g/mol. The van der Waals surface area contributed by atoms with Crippen LogP contribution in [0.5, 0.6) is 0 Å². The Kier molecular flexibility index (Phi) is 5.16. The second-order valence-corrected chi connectivity index (χ2v) is 10.0. The highest BCUT2D eigenvalue weighted by atomic mass is 16.5. The maximum Gasteiger partial charge on any atom is 0.316 e. The van der Waals surface area contributed by atoms with Crippen LogP contribution in [0.1, 0.15) is 85.2 Å². The first-order chi connectivity index (χ1) is 15.3. The van der Waals surface area contributed by atoms with Gasteiger partial charge in [0.1, 0.15) is 6.17 Å². The predicted octanol–water partition coefficient (Wildman–Crippen LogP) is 2.26. The van der Waals surface area contributed by atoms with Gasteiger partial charge in [-0.3, -0.25) is 10.1 Å². The largest absolute Gasteiger partial charge is 0.341 e. The summed E-state index contributed by atoms with van der Waals surface area (Å²) in [6.45, 7) is 6.80. The van der Waals surface area contributed by atoms with Crippen molar-refractivity contribution in [3.05, 3.63) is 46.6 Å². The van der Waals surface area contributed by atoms with Crippen LogP contribution < -0.4 is 21.3 Å². The van der Waals surface area contributed by atoms with E-state index >= 15 is 0 Å². The molecular formula is C23H30N6O3. The van der Waals surface area contributed by atoms with Gasteiger partial charge in [-0.1, -0.05) is 44.1 Å². The molecule has 0 spiro atoms. The Morgan fingerprint density at radius 2 is 2.06 bits per heavy atom. The Morgan fingerprint density at radius 3 is 2.84 bits per heavy atom. The van der Waals surface area contributed by atoms with E-state index in [1.807, 2.05) is 20.8 Å². The number of hydrogen-bond donors (Lipinski definition) is 4. The molecule has 2 saturated heterocycles. The molecule has 3 aliphatic rings. The van der Waals surface area contributed by atoms with Gasteiger partial charge in [0.05, 0.1) is 12.1 Å². The number of hydrogen-bond acceptors (Lipinski definition) is 6. The summed E-state index contributed by atoms with van der Waals surface area (Å²) in [5.41, 5.74) is 3.36. The summed E-state index contributed by atoms with van der Waals surface area (Å²) in [5, 5.41) is 16.4. The Bertz CT molecular complexity index is 1040. The highest BCUT2D eigenvalue weighted by Gasteiger charge is 2.40. The fourth-order valence-corrected chi connectivity index (χ4v) is 5.02. The van der Waals surface area contributed by atoms with Gasteiger partial charge in [0.15, 0.2) is 5.82 Å². The summed E-state index contributed by atoms with van der Waals surface area (Å²) in [7, 11) is 0. The van der Waals surface area contributed by atoms with Gasteiger partial charge in [-0.15, -0.1) is 0 Å². The van der Waals surface area contributed by atoms with Gasteiger partial charge in [-0.2, -0.15) is 4.98 Å². The zero-order valence-electron chi connectivity index (χ0n) is 18.7. The fraction of sp³-hybridized carbons (Fsp3) is 0.565. The lowest BCUT2D eigenvalue weighted by atomic mass is 9.80. The number of carbonyl (C=O) groups is 2. The van der Waals surface area contributed by atoms with Gasteiger partial charge in [0.2, 0.25) is 0 Å². The van der Waals surface area contributed by atoms with Crippen molar-refractivity contribution in [3.63, 3.8) is 0 Å². The molecule has 1 aromatic heterocycles. The number of aryl methyl sites for hydroxylation is 1. The summed E-state index contributed by atoms with van der Waals surface area (Å²) in [5.74, 6) is 0.444. The summed E-state index contributed by atoms with van der Waals surface area (Å²) < 4.78 is 5.21. The third kappa shape index (κ3) is 3.85. The average molecular weight is 439 g/mol. The smallest absolute Gasteiger partial charge is 0.316 e. The van der Waals surface area contributed by atoms with E-state index in [4.69, 9.17) is 4.52 Å². The summed E-state index contributed by atoms with van der Waals surface area (Å²) in [6.07, 6.45) is 3.78. The Labute approximate surface area is 187 Å². The van der Waals surface area contributed by atoms with Crippen molar-refractivity contribution >= 4 is 11.9 Å². The summed E-state index contributed by atoms with van der Waals surface area (Å²) in [4.78, 5) is 28.9. The van der Waals surface area contributed by atoms with Crippen LogP contribution in [0.3, 0.4) is 0 Å². The van der Waals surface area contributed by atoms with E-state index in [2.05, 4.69) is 49.6 Å². The van der Waals surface area contributed by atoms with Gasteiger partial charge >= 0.3 is 17.8 Å². The lowest BCUT2D eigenvalue weighted by molar-refractivity contribution is 0.0888. The number of piperidine rings is 1. The molecule has 1 aliphatic carbocycles. The molecular weight excluding hydrogens is 408 g/mol. The molecule has 5 rings (SSSR count). The molecule has 170 valence electrons. The minimum Gasteiger partial charge on any atom is -0.341 e. The summed E-state index contributed by atoms with van der Waals surface area (Å²) >= 11 is 0. The number of carbonyl (C=O) groups excluding carboxylic acids is 2. The van der Waals surface area contributed by atoms with Crippen molar-refractivity contribution in [2.75, 3.05) is 6.54 Å². The quantitative estimate of drug-likeness (QED) is 0.583. The van der Waals surface area contributed by atoms with E-state index in [1.165, 1.54) is 11.1 Å². The molecule has 0 saturated carbocycles. The topological polar surface area (TPSA) is 121 Å². The maximum absolute atomic E-state index is 12.8. The van der Waals surface area contributed by atoms with E-state index in [0.29, 0.717) is 5.82 Å². The molecule has 2 fully saturated rings. The van der Waals surface area contributed by atoms with Crippen molar-refractivity contribution in [2.45, 2.75) is 76.0 Å². The van der Waals surface area contributed by atoms with Crippen LogP contribution in [0.2, 0.25) is 0 Å². The van der Waals surface area contributed by atoms with Crippen LogP contribution in [-0.4, -0.2) is 40.8 Å². The zero-order chi connectivity index (χ0) is 22.5. The molecule has 4 unspecified atom stereocenters. The lowest BCUT2D eigenvalue weighted by Crippen LogP contribution is -2.53. The molecule has 3 heterocycles. The molecule has 9 nitrogen and oxygen atoms in total. The molecule has 4 atom stereocenters. The molecule has 0 bridgehead atoms. The lowest BCUT2D eigenvalue weighted by Gasteiger charge is -2.34. The van der Waals surface area contributed by atoms with Gasteiger partial charge in [0.25, 0.3) is 0 Å². The average Bonchev–Trinajstić information content (AvgIpc) is 3.39. The van der Waals surface area contributed by atoms with Crippen LogP contribution in [-0.2, 0) is 11.8 Å². The molecule has 0 radical (unpaired) electrons. The van der Waals surface area contributed by atoms with E-state index in [9.17, 15) is 9.59 Å². The predicted molar refractivity (Wildman–Crippen MR) is 117 cm³/mol. The van der Waals surface area contributed by atoms with Crippen molar-refractivity contribution in [1.82, 2.24) is 31.4 Å². The van der Waals surface area contributed by atoms with Crippen LogP contribution in [0.15, 0.2) is 22.7 Å². The van der Waals surface area contributed by atoms with Crippen molar-refractivity contribution in [1.29, 1.82) is 0 Å². The maximum atomic E-state index is 12.8. The van der Waals surface area contributed by atoms with Crippen LogP contribution in [0.4, 0.5) is 4.79 Å². The Hall–Kier alpha value is -2.94. The molecule has 3 amide bonds. The second kappa shape index (κ2) is 7.88. The summed E-state index contributed by atoms with van der Waals surface area (Å²) in [6, 6.07) is 6.38. The zero-order valence-corrected chi connectivity index (χ0v) is 18.7.